The molecule has 216 valence electrons. The van der Waals surface area contributed by atoms with Gasteiger partial charge in [-0.3, -0.25) is 0 Å². The first-order valence-electron chi connectivity index (χ1n) is 10.3. The number of benzene rings is 1. The summed E-state index contributed by atoms with van der Waals surface area (Å²) < 4.78 is 126. The van der Waals surface area contributed by atoms with Crippen molar-refractivity contribution in [1.29, 1.82) is 0 Å². The molecular weight excluding hydrogens is 570 g/mol. The van der Waals surface area contributed by atoms with Crippen LogP contribution in [0.25, 0.3) is 6.08 Å². The Morgan fingerprint density at radius 2 is 1.79 bits per heavy atom. The van der Waals surface area contributed by atoms with E-state index in [1.54, 1.807) is 0 Å². The number of aryl methyl sites for hydroxylation is 1. The molecule has 2 rings (SSSR count). The maximum atomic E-state index is 13.6. The average molecular weight is 589 g/mol. The second-order valence-corrected chi connectivity index (χ2v) is 10.1. The second-order valence-electron chi connectivity index (χ2n) is 7.68. The Labute approximate surface area is 208 Å². The maximum Gasteiger partial charge on any atom is 0.511 e. The molecule has 0 radical (unpaired) electrons. The largest absolute Gasteiger partial charge is 0.511 e. The minimum atomic E-state index is -10.3. The van der Waals surface area contributed by atoms with Crippen LogP contribution in [0.3, 0.4) is 0 Å². The molecule has 0 aliphatic carbocycles. The van der Waals surface area contributed by atoms with Crippen LogP contribution in [-0.2, 0) is 30.3 Å². The number of alkyl halides is 3. The van der Waals surface area contributed by atoms with Crippen molar-refractivity contribution >= 4 is 28.4 Å². The standard InChI is InChI=1S/C19H19F8NO9S/c1-3-11-6-13(38(23,24,25,26)27)7-12-8-14(16(19(20,21)22)37-15(11)12)17(29)33-9-34-18(30)36-10(2)4-5-35-28(31)32/h6-8,10,16H,3-5,9H2,1-2H3/t10?,16-/m0/s1. The Hall–Kier alpha value is -3.51. The Balaban J connectivity index is 2.23. The third-order valence-electron chi connectivity index (χ3n) is 4.74. The van der Waals surface area contributed by atoms with Gasteiger partial charge in [0.15, 0.2) is 0 Å². The lowest BCUT2D eigenvalue weighted by molar-refractivity contribution is -0.758. The first kappa shape index (κ1) is 30.7. The predicted molar refractivity (Wildman–Crippen MR) is 111 cm³/mol. The van der Waals surface area contributed by atoms with Gasteiger partial charge in [-0.1, -0.05) is 26.4 Å². The van der Waals surface area contributed by atoms with E-state index in [1.165, 1.54) is 13.8 Å². The van der Waals surface area contributed by atoms with Crippen molar-refractivity contribution in [3.63, 3.8) is 0 Å². The molecule has 1 heterocycles. The predicted octanol–water partition coefficient (Wildman–Crippen LogP) is 6.25. The zero-order valence-corrected chi connectivity index (χ0v) is 20.1. The number of halogens is 8. The molecule has 0 spiro atoms. The molecule has 2 atom stereocenters. The van der Waals surface area contributed by atoms with Crippen LogP contribution in [0, 0.1) is 10.1 Å². The summed E-state index contributed by atoms with van der Waals surface area (Å²) in [6.07, 6.45) is -11.1. The van der Waals surface area contributed by atoms with Gasteiger partial charge >= 0.3 is 28.5 Å². The van der Waals surface area contributed by atoms with E-state index in [1.807, 2.05) is 0 Å². The van der Waals surface area contributed by atoms with Crippen LogP contribution in [0.1, 0.15) is 31.4 Å². The highest BCUT2D eigenvalue weighted by Gasteiger charge is 2.66. The number of rotatable bonds is 10. The van der Waals surface area contributed by atoms with Crippen molar-refractivity contribution in [2.24, 2.45) is 0 Å². The third-order valence-corrected chi connectivity index (χ3v) is 5.87. The van der Waals surface area contributed by atoms with Gasteiger partial charge in [-0.25, -0.2) is 9.59 Å². The fourth-order valence-electron chi connectivity index (χ4n) is 3.02. The smallest absolute Gasteiger partial charge is 0.475 e. The molecule has 0 saturated heterocycles. The first-order valence-corrected chi connectivity index (χ1v) is 12.2. The van der Waals surface area contributed by atoms with E-state index in [0.29, 0.717) is 0 Å². The van der Waals surface area contributed by atoms with Gasteiger partial charge < -0.3 is 23.8 Å². The number of hydrogen-bond acceptors (Lipinski definition) is 9. The van der Waals surface area contributed by atoms with Crippen molar-refractivity contribution in [2.75, 3.05) is 13.4 Å². The van der Waals surface area contributed by atoms with Crippen LogP contribution >= 0.6 is 10.2 Å². The molecule has 38 heavy (non-hydrogen) atoms. The minimum Gasteiger partial charge on any atom is -0.475 e. The van der Waals surface area contributed by atoms with E-state index in [-0.39, 0.29) is 24.6 Å². The van der Waals surface area contributed by atoms with Crippen LogP contribution in [0.2, 0.25) is 0 Å². The van der Waals surface area contributed by atoms with Crippen LogP contribution in [0.5, 0.6) is 5.75 Å². The number of carbonyl (C=O) groups is 2. The second kappa shape index (κ2) is 9.99. The number of ether oxygens (including phenoxy) is 4. The zero-order valence-electron chi connectivity index (χ0n) is 19.3. The lowest BCUT2D eigenvalue weighted by Crippen LogP contribution is -2.41. The lowest BCUT2D eigenvalue weighted by atomic mass is 9.98. The van der Waals surface area contributed by atoms with Crippen molar-refractivity contribution in [3.05, 3.63) is 38.9 Å². The highest BCUT2D eigenvalue weighted by Crippen LogP contribution is 3.02. The van der Waals surface area contributed by atoms with E-state index < -0.39 is 93.0 Å². The molecule has 0 aromatic heterocycles. The van der Waals surface area contributed by atoms with E-state index in [4.69, 9.17) is 4.74 Å². The van der Waals surface area contributed by atoms with Gasteiger partial charge in [-0.05, 0) is 37.1 Å². The van der Waals surface area contributed by atoms with Crippen molar-refractivity contribution in [2.45, 2.75) is 50.0 Å². The number of esters is 1. The quantitative estimate of drug-likeness (QED) is 0.102. The SMILES string of the molecule is CCc1cc(S(F)(F)(F)(F)F)cc2c1O[C@H](C(F)(F)F)C(C(=O)OCOC(=O)OC(C)CCO[N+](=O)[O-])=C2. The van der Waals surface area contributed by atoms with E-state index in [0.717, 1.165) is 0 Å². The summed E-state index contributed by atoms with van der Waals surface area (Å²) in [5.74, 6) is -2.64. The highest BCUT2D eigenvalue weighted by molar-refractivity contribution is 8.45. The average Bonchev–Trinajstić information content (AvgIpc) is 2.74. The van der Waals surface area contributed by atoms with Gasteiger partial charge in [0.2, 0.25) is 12.9 Å². The van der Waals surface area contributed by atoms with Gasteiger partial charge in [-0.2, -0.15) is 13.2 Å². The molecule has 1 unspecified atom stereocenters. The van der Waals surface area contributed by atoms with Gasteiger partial charge in [0, 0.05) is 12.0 Å². The number of nitrogens with zero attached hydrogens (tertiary/aromatic N) is 1. The van der Waals surface area contributed by atoms with Crippen LogP contribution < -0.4 is 4.74 Å². The molecule has 0 amide bonds. The molecule has 19 heteroatoms. The fourth-order valence-corrected chi connectivity index (χ4v) is 3.73. The van der Waals surface area contributed by atoms with Gasteiger partial charge in [-0.15, -0.1) is 10.1 Å². The fraction of sp³-hybridized carbons (Fsp3) is 0.474. The normalized spacial score (nSPS) is 17.9. The topological polar surface area (TPSA) is 123 Å². The minimum absolute atomic E-state index is 0.0189. The maximum absolute atomic E-state index is 13.6. The summed E-state index contributed by atoms with van der Waals surface area (Å²) in [5.41, 5.74) is -2.91. The number of fused-ring (bicyclic) bond motifs is 1. The molecule has 1 aromatic rings. The summed E-state index contributed by atoms with van der Waals surface area (Å²) in [7, 11) is -10.3. The highest BCUT2D eigenvalue weighted by atomic mass is 32.5. The van der Waals surface area contributed by atoms with Crippen molar-refractivity contribution < 1.29 is 71.1 Å². The van der Waals surface area contributed by atoms with E-state index in [9.17, 15) is 52.3 Å². The van der Waals surface area contributed by atoms with Crippen LogP contribution in [0.4, 0.5) is 37.4 Å². The summed E-state index contributed by atoms with van der Waals surface area (Å²) in [6.45, 7) is 0.693. The first-order chi connectivity index (χ1) is 17.1. The van der Waals surface area contributed by atoms with Gasteiger partial charge in [0.1, 0.15) is 16.7 Å². The summed E-state index contributed by atoms with van der Waals surface area (Å²) in [6, 6.07) is -0.164. The Kier molecular flexibility index (Phi) is 8.07. The molecule has 1 aliphatic rings. The van der Waals surface area contributed by atoms with E-state index >= 15 is 0 Å². The van der Waals surface area contributed by atoms with Gasteiger partial charge in [0.25, 0.3) is 5.09 Å². The van der Waals surface area contributed by atoms with Crippen LogP contribution in [-0.4, -0.2) is 49.0 Å². The molecule has 10 nitrogen and oxygen atoms in total. The Bertz CT molecular complexity index is 1140. The summed E-state index contributed by atoms with van der Waals surface area (Å²) in [5, 5.41) is 8.95. The molecule has 0 saturated carbocycles. The molecule has 0 fully saturated rings. The molecular formula is C19H19F8NO9S. The monoisotopic (exact) mass is 589 g/mol. The summed E-state index contributed by atoms with van der Waals surface area (Å²) >= 11 is 0. The summed E-state index contributed by atoms with van der Waals surface area (Å²) in [4.78, 5) is 35.5. The van der Waals surface area contributed by atoms with E-state index in [2.05, 4.69) is 19.0 Å². The zero-order chi connectivity index (χ0) is 29.2. The molecule has 1 aliphatic heterocycles. The Morgan fingerprint density at radius 1 is 1.16 bits per heavy atom. The van der Waals surface area contributed by atoms with Gasteiger partial charge in [0.05, 0.1) is 12.2 Å². The number of hydrogen-bond donors (Lipinski definition) is 0. The molecule has 0 N–H and O–H groups in total. The van der Waals surface area contributed by atoms with Crippen molar-refractivity contribution in [3.8, 4) is 5.75 Å². The Morgan fingerprint density at radius 3 is 2.32 bits per heavy atom. The lowest BCUT2D eigenvalue weighted by Gasteiger charge is -2.41. The molecule has 1 aromatic carbocycles. The van der Waals surface area contributed by atoms with Crippen LogP contribution in [0.15, 0.2) is 22.6 Å². The number of carbonyl (C=O) groups excluding carboxylic acids is 2. The van der Waals surface area contributed by atoms with Crippen molar-refractivity contribution in [1.82, 2.24) is 0 Å². The molecule has 0 bridgehead atoms. The third kappa shape index (κ3) is 8.25.